The lowest BCUT2D eigenvalue weighted by atomic mass is 10.1. The van der Waals surface area contributed by atoms with Gasteiger partial charge in [-0.3, -0.25) is 4.79 Å². The summed E-state index contributed by atoms with van der Waals surface area (Å²) in [5, 5.41) is -0.171. The van der Waals surface area contributed by atoms with Gasteiger partial charge in [0.15, 0.2) is 11.5 Å². The summed E-state index contributed by atoms with van der Waals surface area (Å²) in [6.45, 7) is 4.25. The highest BCUT2D eigenvalue weighted by atomic mass is 19.4. The molecule has 200 valence electrons. The van der Waals surface area contributed by atoms with Gasteiger partial charge < -0.3 is 23.4 Å². The monoisotopic (exact) mass is 538 g/mol. The summed E-state index contributed by atoms with van der Waals surface area (Å²) >= 11 is 0. The molecule has 10 heteroatoms. The molecule has 0 fully saturated rings. The number of benzene rings is 3. The number of rotatable bonds is 5. The molecule has 3 aromatic carbocycles. The van der Waals surface area contributed by atoms with Crippen LogP contribution in [0.25, 0.3) is 17.0 Å². The second kappa shape index (κ2) is 10.2. The van der Waals surface area contributed by atoms with Crippen LogP contribution in [0.2, 0.25) is 0 Å². The Kier molecular flexibility index (Phi) is 6.78. The van der Waals surface area contributed by atoms with Gasteiger partial charge in [0.25, 0.3) is 5.76 Å². The van der Waals surface area contributed by atoms with E-state index in [0.29, 0.717) is 35.8 Å². The lowest BCUT2D eigenvalue weighted by molar-refractivity contribution is -0.154. The second-order valence-corrected chi connectivity index (χ2v) is 8.77. The Morgan fingerprint density at radius 2 is 1.72 bits per heavy atom. The van der Waals surface area contributed by atoms with Crippen molar-refractivity contribution in [3.05, 3.63) is 93.3 Å². The molecule has 1 aliphatic rings. The van der Waals surface area contributed by atoms with E-state index in [1.807, 2.05) is 0 Å². The van der Waals surface area contributed by atoms with Crippen LogP contribution >= 0.6 is 0 Å². The van der Waals surface area contributed by atoms with Gasteiger partial charge in [-0.05, 0) is 66.9 Å². The van der Waals surface area contributed by atoms with Crippen molar-refractivity contribution in [1.29, 1.82) is 0 Å². The molecular weight excluding hydrogens is 517 g/mol. The average Bonchev–Trinajstić information content (AvgIpc) is 2.90. The molecule has 1 aliphatic heterocycles. The number of fused-ring (bicyclic) bond motifs is 2. The summed E-state index contributed by atoms with van der Waals surface area (Å²) in [5.41, 5.74) is 0.498. The van der Waals surface area contributed by atoms with Gasteiger partial charge >= 0.3 is 12.1 Å². The van der Waals surface area contributed by atoms with E-state index in [1.54, 1.807) is 44.2 Å². The highest BCUT2D eigenvalue weighted by Crippen LogP contribution is 2.39. The molecule has 0 unspecified atom stereocenters. The third-order valence-electron chi connectivity index (χ3n) is 5.83. The average molecular weight is 538 g/mol. The van der Waals surface area contributed by atoms with Gasteiger partial charge in [0, 0.05) is 12.1 Å². The predicted octanol–water partition coefficient (Wildman–Crippen LogP) is 6.61. The summed E-state index contributed by atoms with van der Waals surface area (Å²) in [4.78, 5) is 25.4. The van der Waals surface area contributed by atoms with Crippen molar-refractivity contribution >= 4 is 23.0 Å². The summed E-state index contributed by atoms with van der Waals surface area (Å²) in [6.07, 6.45) is -2.39. The molecule has 0 saturated carbocycles. The molecule has 0 amide bonds. The maximum Gasteiger partial charge on any atom is 0.453 e. The zero-order chi connectivity index (χ0) is 27.7. The fourth-order valence-corrected chi connectivity index (χ4v) is 3.90. The van der Waals surface area contributed by atoms with Crippen molar-refractivity contribution in [1.82, 2.24) is 0 Å². The van der Waals surface area contributed by atoms with Crippen LogP contribution in [0.1, 0.15) is 22.5 Å². The van der Waals surface area contributed by atoms with Crippen molar-refractivity contribution < 1.29 is 41.3 Å². The number of hydrogen-bond donors (Lipinski definition) is 0. The molecule has 0 atom stereocenters. The molecule has 2 heterocycles. The van der Waals surface area contributed by atoms with Gasteiger partial charge in [0.1, 0.15) is 30.3 Å². The zero-order valence-corrected chi connectivity index (χ0v) is 20.8. The second-order valence-electron chi connectivity index (χ2n) is 8.77. The smallest absolute Gasteiger partial charge is 0.453 e. The van der Waals surface area contributed by atoms with E-state index in [9.17, 15) is 22.8 Å². The molecule has 39 heavy (non-hydrogen) atoms. The van der Waals surface area contributed by atoms with E-state index in [1.165, 1.54) is 24.3 Å². The molecule has 0 saturated heterocycles. The van der Waals surface area contributed by atoms with Crippen LogP contribution in [0.4, 0.5) is 13.2 Å². The van der Waals surface area contributed by atoms with E-state index in [0.717, 1.165) is 17.7 Å². The molecule has 0 bridgehead atoms. The number of carbonyl (C=O) groups is 1. The Morgan fingerprint density at radius 1 is 0.949 bits per heavy atom. The minimum atomic E-state index is -5.03. The van der Waals surface area contributed by atoms with Gasteiger partial charge in [-0.25, -0.2) is 4.79 Å². The zero-order valence-electron chi connectivity index (χ0n) is 20.8. The Balaban J connectivity index is 1.42. The molecule has 0 radical (unpaired) electrons. The summed E-state index contributed by atoms with van der Waals surface area (Å²) < 4.78 is 68.4. The van der Waals surface area contributed by atoms with E-state index in [4.69, 9.17) is 23.4 Å². The SMILES string of the molecule is Cc1ccc(C)c(Oc2c(C(F)(F)F)oc3cc(OC(=O)/C=C/c4ccc5c(c4)OCCO5)ccc3c2=O)c1. The standard InChI is InChI=1S/C29H21F3O7/c1-16-3-4-17(2)22(13-16)38-27-26(34)20-8-7-19(15-23(20)39-28(27)29(30,31)32)37-25(33)10-6-18-5-9-21-24(14-18)36-12-11-35-21/h3-10,13-15H,11-12H2,1-2H3/b10-6+. The number of halogens is 3. The highest BCUT2D eigenvalue weighted by Gasteiger charge is 2.40. The molecule has 4 aromatic rings. The number of ether oxygens (including phenoxy) is 4. The summed E-state index contributed by atoms with van der Waals surface area (Å²) in [5.74, 6) is -2.24. The van der Waals surface area contributed by atoms with Gasteiger partial charge in [0.05, 0.1) is 5.39 Å². The van der Waals surface area contributed by atoms with Gasteiger partial charge in [0.2, 0.25) is 11.2 Å². The van der Waals surface area contributed by atoms with Crippen molar-refractivity contribution in [3.8, 4) is 28.7 Å². The first-order chi connectivity index (χ1) is 18.6. The number of hydrogen-bond acceptors (Lipinski definition) is 7. The van der Waals surface area contributed by atoms with E-state index < -0.39 is 34.7 Å². The predicted molar refractivity (Wildman–Crippen MR) is 136 cm³/mol. The highest BCUT2D eigenvalue weighted by molar-refractivity contribution is 5.89. The van der Waals surface area contributed by atoms with Crippen molar-refractivity contribution in [2.75, 3.05) is 13.2 Å². The third-order valence-corrected chi connectivity index (χ3v) is 5.83. The van der Waals surface area contributed by atoms with Crippen molar-refractivity contribution in [2.45, 2.75) is 20.0 Å². The number of carbonyl (C=O) groups excluding carboxylic acids is 1. The molecule has 0 N–H and O–H groups in total. The van der Waals surface area contributed by atoms with E-state index in [2.05, 4.69) is 0 Å². The van der Waals surface area contributed by atoms with Gasteiger partial charge in [-0.2, -0.15) is 13.2 Å². The van der Waals surface area contributed by atoms with Gasteiger partial charge in [-0.1, -0.05) is 18.2 Å². The first kappa shape index (κ1) is 25.9. The van der Waals surface area contributed by atoms with E-state index in [-0.39, 0.29) is 16.9 Å². The van der Waals surface area contributed by atoms with Crippen molar-refractivity contribution in [2.24, 2.45) is 0 Å². The fourth-order valence-electron chi connectivity index (χ4n) is 3.90. The van der Waals surface area contributed by atoms with Crippen LogP contribution in [0.3, 0.4) is 0 Å². The maximum atomic E-state index is 13.9. The molecular formula is C29H21F3O7. The first-order valence-corrected chi connectivity index (χ1v) is 11.8. The molecule has 0 aliphatic carbocycles. The van der Waals surface area contributed by atoms with Crippen LogP contribution in [0.5, 0.6) is 28.7 Å². The largest absolute Gasteiger partial charge is 0.486 e. The molecule has 7 nitrogen and oxygen atoms in total. The van der Waals surface area contributed by atoms with Crippen LogP contribution < -0.4 is 24.4 Å². The number of alkyl halides is 3. The number of aryl methyl sites for hydroxylation is 2. The lowest BCUT2D eigenvalue weighted by Crippen LogP contribution is -2.16. The topological polar surface area (TPSA) is 84.2 Å². The normalized spacial score (nSPS) is 13.1. The first-order valence-electron chi connectivity index (χ1n) is 11.8. The summed E-state index contributed by atoms with van der Waals surface area (Å²) in [7, 11) is 0. The molecule has 5 rings (SSSR count). The third kappa shape index (κ3) is 5.59. The Hall–Kier alpha value is -4.73. The Morgan fingerprint density at radius 3 is 2.49 bits per heavy atom. The Labute approximate surface area is 220 Å². The van der Waals surface area contributed by atoms with Crippen LogP contribution in [0, 0.1) is 13.8 Å². The fraction of sp³-hybridized carbons (Fsp3) is 0.172. The summed E-state index contributed by atoms with van der Waals surface area (Å²) in [6, 6.07) is 13.6. The quantitative estimate of drug-likeness (QED) is 0.161. The number of esters is 1. The van der Waals surface area contributed by atoms with Crippen LogP contribution in [-0.4, -0.2) is 19.2 Å². The minimum Gasteiger partial charge on any atom is -0.486 e. The minimum absolute atomic E-state index is 0.0995. The van der Waals surface area contributed by atoms with Crippen LogP contribution in [0.15, 0.2) is 69.9 Å². The molecule has 1 aromatic heterocycles. The maximum absolute atomic E-state index is 13.9. The molecule has 0 spiro atoms. The van der Waals surface area contributed by atoms with Gasteiger partial charge in [-0.15, -0.1) is 0 Å². The van der Waals surface area contributed by atoms with Crippen molar-refractivity contribution in [3.63, 3.8) is 0 Å². The lowest BCUT2D eigenvalue weighted by Gasteiger charge is -2.18. The Bertz CT molecular complexity index is 1670. The van der Waals surface area contributed by atoms with E-state index >= 15 is 0 Å². The van der Waals surface area contributed by atoms with Crippen LogP contribution in [-0.2, 0) is 11.0 Å².